The van der Waals surface area contributed by atoms with Crippen LogP contribution in [0.2, 0.25) is 0 Å². The first-order valence-electron chi connectivity index (χ1n) is 7.37. The van der Waals surface area contributed by atoms with Crippen LogP contribution in [0, 0.1) is 0 Å². The van der Waals surface area contributed by atoms with Crippen molar-refractivity contribution in [3.05, 3.63) is 35.4 Å². The number of hydrogen-bond donors (Lipinski definition) is 2. The third-order valence-corrected chi connectivity index (χ3v) is 3.98. The van der Waals surface area contributed by atoms with Gasteiger partial charge in [-0.05, 0) is 37.8 Å². The van der Waals surface area contributed by atoms with Crippen molar-refractivity contribution in [3.63, 3.8) is 0 Å². The number of hydrogen-bond acceptors (Lipinski definition) is 2. The van der Waals surface area contributed by atoms with Gasteiger partial charge in [-0.25, -0.2) is 4.79 Å². The smallest absolute Gasteiger partial charge is 0.317 e. The van der Waals surface area contributed by atoms with Crippen LogP contribution < -0.4 is 5.32 Å². The van der Waals surface area contributed by atoms with Gasteiger partial charge in [0.25, 0.3) is 0 Å². The molecule has 2 rings (SSSR count). The molecule has 1 atom stereocenters. The summed E-state index contributed by atoms with van der Waals surface area (Å²) in [6.07, 6.45) is 1.64. The fourth-order valence-corrected chi connectivity index (χ4v) is 2.94. The molecule has 0 spiro atoms. The van der Waals surface area contributed by atoms with Gasteiger partial charge >= 0.3 is 12.0 Å². The Morgan fingerprint density at radius 3 is 2.38 bits per heavy atom. The van der Waals surface area contributed by atoms with Gasteiger partial charge in [-0.1, -0.05) is 24.3 Å². The van der Waals surface area contributed by atoms with Crippen molar-refractivity contribution in [1.82, 2.24) is 10.2 Å². The number of aliphatic carboxylic acids is 1. The fraction of sp³-hybridized carbons (Fsp3) is 0.500. The standard InChI is InChI=1S/C16H22N2O3/c1-3-18(11(2)8-15(19)20)16(21)17-14-9-12-6-4-5-7-13(12)10-14/h4-7,11,14H,3,8-10H2,1-2H3,(H,17,21)(H,19,20). The second-order valence-corrected chi connectivity index (χ2v) is 5.56. The highest BCUT2D eigenvalue weighted by Crippen LogP contribution is 2.21. The molecule has 0 heterocycles. The minimum atomic E-state index is -0.887. The molecule has 2 amide bonds. The molecule has 1 aliphatic rings. The maximum Gasteiger partial charge on any atom is 0.317 e. The van der Waals surface area contributed by atoms with Crippen LogP contribution in [0.1, 0.15) is 31.4 Å². The van der Waals surface area contributed by atoms with Crippen LogP contribution in [-0.4, -0.2) is 40.6 Å². The number of amides is 2. The molecule has 1 aliphatic carbocycles. The monoisotopic (exact) mass is 290 g/mol. The molecule has 2 N–H and O–H groups in total. The Hall–Kier alpha value is -2.04. The number of carboxylic acids is 1. The Morgan fingerprint density at radius 1 is 1.33 bits per heavy atom. The first-order valence-corrected chi connectivity index (χ1v) is 7.37. The van der Waals surface area contributed by atoms with E-state index < -0.39 is 5.97 Å². The number of carbonyl (C=O) groups excluding carboxylic acids is 1. The molecule has 1 aromatic rings. The third kappa shape index (κ3) is 3.74. The summed E-state index contributed by atoms with van der Waals surface area (Å²) >= 11 is 0. The zero-order valence-corrected chi connectivity index (χ0v) is 12.5. The predicted octanol–water partition coefficient (Wildman–Crippen LogP) is 2.05. The second-order valence-electron chi connectivity index (χ2n) is 5.56. The van der Waals surface area contributed by atoms with Gasteiger partial charge < -0.3 is 15.3 Å². The van der Waals surface area contributed by atoms with Crippen molar-refractivity contribution in [2.45, 2.75) is 45.2 Å². The first-order chi connectivity index (χ1) is 10.0. The molecular weight excluding hydrogens is 268 g/mol. The van der Waals surface area contributed by atoms with E-state index in [4.69, 9.17) is 5.11 Å². The van der Waals surface area contributed by atoms with Gasteiger partial charge in [0.1, 0.15) is 0 Å². The van der Waals surface area contributed by atoms with E-state index in [0.29, 0.717) is 6.54 Å². The van der Waals surface area contributed by atoms with Gasteiger partial charge in [-0.3, -0.25) is 4.79 Å². The highest BCUT2D eigenvalue weighted by molar-refractivity contribution is 5.76. The highest BCUT2D eigenvalue weighted by Gasteiger charge is 2.26. The van der Waals surface area contributed by atoms with Crippen LogP contribution in [0.5, 0.6) is 0 Å². The predicted molar refractivity (Wildman–Crippen MR) is 80.3 cm³/mol. The quantitative estimate of drug-likeness (QED) is 0.872. The van der Waals surface area contributed by atoms with E-state index in [2.05, 4.69) is 17.4 Å². The average molecular weight is 290 g/mol. The molecule has 0 saturated heterocycles. The van der Waals surface area contributed by atoms with E-state index >= 15 is 0 Å². The van der Waals surface area contributed by atoms with E-state index in [1.807, 2.05) is 19.1 Å². The zero-order chi connectivity index (χ0) is 15.4. The summed E-state index contributed by atoms with van der Waals surface area (Å²) in [7, 11) is 0. The van der Waals surface area contributed by atoms with Crippen LogP contribution in [0.3, 0.4) is 0 Å². The number of nitrogens with zero attached hydrogens (tertiary/aromatic N) is 1. The van der Waals surface area contributed by atoms with Gasteiger partial charge in [0.15, 0.2) is 0 Å². The lowest BCUT2D eigenvalue weighted by molar-refractivity contribution is -0.138. The summed E-state index contributed by atoms with van der Waals surface area (Å²) in [5, 5.41) is 11.9. The number of urea groups is 1. The molecule has 1 aromatic carbocycles. The van der Waals surface area contributed by atoms with Crippen molar-refractivity contribution in [2.75, 3.05) is 6.54 Å². The first kappa shape index (κ1) is 15.4. The fourth-order valence-electron chi connectivity index (χ4n) is 2.94. The molecule has 114 valence electrons. The molecule has 0 saturated carbocycles. The van der Waals surface area contributed by atoms with Crippen molar-refractivity contribution in [1.29, 1.82) is 0 Å². The van der Waals surface area contributed by atoms with Gasteiger partial charge in [0, 0.05) is 18.6 Å². The minimum Gasteiger partial charge on any atom is -0.481 e. The molecule has 0 aromatic heterocycles. The van der Waals surface area contributed by atoms with Crippen LogP contribution in [0.15, 0.2) is 24.3 Å². The van der Waals surface area contributed by atoms with Crippen LogP contribution in [-0.2, 0) is 17.6 Å². The molecular formula is C16H22N2O3. The van der Waals surface area contributed by atoms with E-state index in [1.54, 1.807) is 11.8 Å². The van der Waals surface area contributed by atoms with E-state index in [-0.39, 0.29) is 24.5 Å². The number of carboxylic acid groups (broad SMARTS) is 1. The molecule has 1 unspecified atom stereocenters. The molecule has 21 heavy (non-hydrogen) atoms. The molecule has 5 nitrogen and oxygen atoms in total. The summed E-state index contributed by atoms with van der Waals surface area (Å²) in [6, 6.07) is 7.81. The highest BCUT2D eigenvalue weighted by atomic mass is 16.4. The molecule has 0 bridgehead atoms. The lowest BCUT2D eigenvalue weighted by Crippen LogP contribution is -2.49. The minimum absolute atomic E-state index is 0.0356. The zero-order valence-electron chi connectivity index (χ0n) is 12.5. The van der Waals surface area contributed by atoms with Crippen LogP contribution in [0.4, 0.5) is 4.79 Å². The summed E-state index contributed by atoms with van der Waals surface area (Å²) in [5.41, 5.74) is 2.56. The SMILES string of the molecule is CCN(C(=O)NC1Cc2ccccc2C1)C(C)CC(=O)O. The van der Waals surface area contributed by atoms with Crippen molar-refractivity contribution in [2.24, 2.45) is 0 Å². The third-order valence-electron chi connectivity index (χ3n) is 3.98. The van der Waals surface area contributed by atoms with Crippen LogP contribution in [0.25, 0.3) is 0 Å². The normalized spacial score (nSPS) is 15.3. The summed E-state index contributed by atoms with van der Waals surface area (Å²) < 4.78 is 0. The number of nitrogens with one attached hydrogen (secondary N) is 1. The Balaban J connectivity index is 1.93. The molecule has 0 aliphatic heterocycles. The Labute approximate surface area is 125 Å². The van der Waals surface area contributed by atoms with Gasteiger partial charge in [-0.15, -0.1) is 0 Å². The maximum atomic E-state index is 12.3. The Morgan fingerprint density at radius 2 is 1.90 bits per heavy atom. The number of carbonyl (C=O) groups is 2. The topological polar surface area (TPSA) is 69.6 Å². The van der Waals surface area contributed by atoms with Gasteiger partial charge in [-0.2, -0.15) is 0 Å². The van der Waals surface area contributed by atoms with Crippen LogP contribution >= 0.6 is 0 Å². The van der Waals surface area contributed by atoms with Gasteiger partial charge in [0.2, 0.25) is 0 Å². The Kier molecular flexibility index (Phi) is 4.83. The molecule has 0 fully saturated rings. The summed E-state index contributed by atoms with van der Waals surface area (Å²) in [6.45, 7) is 4.13. The van der Waals surface area contributed by atoms with E-state index in [0.717, 1.165) is 12.8 Å². The lowest BCUT2D eigenvalue weighted by Gasteiger charge is -2.28. The number of fused-ring (bicyclic) bond motifs is 1. The van der Waals surface area contributed by atoms with Crippen molar-refractivity contribution in [3.8, 4) is 0 Å². The van der Waals surface area contributed by atoms with E-state index in [9.17, 15) is 9.59 Å². The van der Waals surface area contributed by atoms with Crippen molar-refractivity contribution < 1.29 is 14.7 Å². The largest absolute Gasteiger partial charge is 0.481 e. The van der Waals surface area contributed by atoms with Crippen molar-refractivity contribution >= 4 is 12.0 Å². The van der Waals surface area contributed by atoms with E-state index in [1.165, 1.54) is 11.1 Å². The number of rotatable bonds is 5. The summed E-state index contributed by atoms with van der Waals surface area (Å²) in [4.78, 5) is 24.7. The summed E-state index contributed by atoms with van der Waals surface area (Å²) in [5.74, 6) is -0.887. The lowest BCUT2D eigenvalue weighted by atomic mass is 10.1. The molecule has 0 radical (unpaired) electrons. The average Bonchev–Trinajstić information content (AvgIpc) is 2.80. The second kappa shape index (κ2) is 6.61. The number of benzene rings is 1. The molecule has 5 heteroatoms. The maximum absolute atomic E-state index is 12.3. The van der Waals surface area contributed by atoms with Gasteiger partial charge in [0.05, 0.1) is 6.42 Å². The Bertz CT molecular complexity index is 505.